The fraction of sp³-hybridized carbons (Fsp3) is 0.118. The zero-order chi connectivity index (χ0) is 16.9. The summed E-state index contributed by atoms with van der Waals surface area (Å²) in [7, 11) is 0. The summed E-state index contributed by atoms with van der Waals surface area (Å²) < 4.78 is 0. The summed E-state index contributed by atoms with van der Waals surface area (Å²) in [5.74, 6) is -0.319. The van der Waals surface area contributed by atoms with Crippen molar-refractivity contribution in [1.82, 2.24) is 4.98 Å². The third kappa shape index (κ3) is 4.06. The monoisotopic (exact) mass is 357 g/mol. The number of carbonyl (C=O) groups excluding carboxylic acids is 2. The van der Waals surface area contributed by atoms with Gasteiger partial charge in [-0.2, -0.15) is 0 Å². The number of benzene rings is 1. The lowest BCUT2D eigenvalue weighted by molar-refractivity contribution is -0.115. The van der Waals surface area contributed by atoms with Gasteiger partial charge in [0.25, 0.3) is 5.91 Å². The van der Waals surface area contributed by atoms with Gasteiger partial charge >= 0.3 is 0 Å². The molecular formula is C17H15N3O2S2. The molecule has 0 atom stereocenters. The molecule has 0 aliphatic carbocycles. The molecule has 3 rings (SSSR count). The number of thiazole rings is 1. The summed E-state index contributed by atoms with van der Waals surface area (Å²) in [4.78, 5) is 29.0. The van der Waals surface area contributed by atoms with Crippen LogP contribution in [-0.2, 0) is 11.2 Å². The number of para-hydroxylation sites is 1. The third-order valence-electron chi connectivity index (χ3n) is 3.28. The fourth-order valence-electron chi connectivity index (χ4n) is 2.08. The largest absolute Gasteiger partial charge is 0.326 e. The smallest absolute Gasteiger partial charge is 0.267 e. The van der Waals surface area contributed by atoms with Gasteiger partial charge in [-0.05, 0) is 30.0 Å². The second-order valence-corrected chi connectivity index (χ2v) is 6.92. The molecule has 24 heavy (non-hydrogen) atoms. The summed E-state index contributed by atoms with van der Waals surface area (Å²) in [6, 6.07) is 11.2. The standard InChI is InChI=1S/C17H15N3O2S2/c1-11-5-2-3-6-13(11)19-15(21)9-12-10-24-17(18-12)20-16(22)14-7-4-8-23-14/h2-8,10H,9H2,1H3,(H,19,21)(H,18,20,22). The summed E-state index contributed by atoms with van der Waals surface area (Å²) in [5.41, 5.74) is 2.43. The average Bonchev–Trinajstić information content (AvgIpc) is 3.21. The van der Waals surface area contributed by atoms with Gasteiger partial charge in [-0.1, -0.05) is 24.3 Å². The van der Waals surface area contributed by atoms with Crippen molar-refractivity contribution in [3.05, 3.63) is 63.3 Å². The lowest BCUT2D eigenvalue weighted by Crippen LogP contribution is -2.15. The van der Waals surface area contributed by atoms with E-state index in [0.717, 1.165) is 11.3 Å². The van der Waals surface area contributed by atoms with Crippen LogP contribution in [0.4, 0.5) is 10.8 Å². The van der Waals surface area contributed by atoms with Crippen molar-refractivity contribution in [2.24, 2.45) is 0 Å². The van der Waals surface area contributed by atoms with Gasteiger partial charge in [-0.15, -0.1) is 22.7 Å². The van der Waals surface area contributed by atoms with Crippen LogP contribution < -0.4 is 10.6 Å². The van der Waals surface area contributed by atoms with Crippen LogP contribution in [-0.4, -0.2) is 16.8 Å². The van der Waals surface area contributed by atoms with E-state index in [2.05, 4.69) is 15.6 Å². The van der Waals surface area contributed by atoms with Crippen LogP contribution in [0.3, 0.4) is 0 Å². The summed E-state index contributed by atoms with van der Waals surface area (Å²) in [5, 5.41) is 9.73. The molecule has 7 heteroatoms. The van der Waals surface area contributed by atoms with Gasteiger partial charge in [0, 0.05) is 11.1 Å². The molecule has 0 spiro atoms. The van der Waals surface area contributed by atoms with Crippen LogP contribution in [0.5, 0.6) is 0 Å². The highest BCUT2D eigenvalue weighted by Crippen LogP contribution is 2.19. The molecule has 0 aliphatic rings. The lowest BCUT2D eigenvalue weighted by Gasteiger charge is -2.06. The van der Waals surface area contributed by atoms with E-state index >= 15 is 0 Å². The summed E-state index contributed by atoms with van der Waals surface area (Å²) >= 11 is 2.68. The maximum absolute atomic E-state index is 12.1. The molecule has 1 aromatic carbocycles. The minimum Gasteiger partial charge on any atom is -0.326 e. The van der Waals surface area contributed by atoms with Crippen molar-refractivity contribution in [3.8, 4) is 0 Å². The van der Waals surface area contributed by atoms with Crippen LogP contribution in [0.1, 0.15) is 20.9 Å². The highest BCUT2D eigenvalue weighted by molar-refractivity contribution is 7.14. The van der Waals surface area contributed by atoms with Crippen LogP contribution in [0, 0.1) is 6.92 Å². The number of anilines is 2. The molecule has 2 aromatic heterocycles. The Labute approximate surface area is 147 Å². The molecule has 0 fully saturated rings. The zero-order valence-electron chi connectivity index (χ0n) is 12.9. The van der Waals surface area contributed by atoms with Crippen molar-refractivity contribution in [2.45, 2.75) is 13.3 Å². The Morgan fingerprint density at radius 3 is 2.67 bits per heavy atom. The van der Waals surface area contributed by atoms with Crippen LogP contribution >= 0.6 is 22.7 Å². The Kier molecular flexibility index (Phi) is 5.02. The number of aryl methyl sites for hydroxylation is 1. The van der Waals surface area contributed by atoms with E-state index in [-0.39, 0.29) is 18.2 Å². The summed E-state index contributed by atoms with van der Waals surface area (Å²) in [6.45, 7) is 1.94. The maximum atomic E-state index is 12.1. The number of amides is 2. The first kappa shape index (κ1) is 16.4. The highest BCUT2D eigenvalue weighted by atomic mass is 32.1. The van der Waals surface area contributed by atoms with Crippen molar-refractivity contribution in [3.63, 3.8) is 0 Å². The number of nitrogens with one attached hydrogen (secondary N) is 2. The van der Waals surface area contributed by atoms with Gasteiger partial charge in [0.1, 0.15) is 0 Å². The molecule has 0 bridgehead atoms. The molecule has 3 aromatic rings. The molecule has 5 nitrogen and oxygen atoms in total. The number of hydrogen-bond acceptors (Lipinski definition) is 5. The number of rotatable bonds is 5. The molecule has 2 N–H and O–H groups in total. The number of nitrogens with zero attached hydrogens (tertiary/aromatic N) is 1. The topological polar surface area (TPSA) is 71.1 Å². The molecule has 0 saturated carbocycles. The SMILES string of the molecule is Cc1ccccc1NC(=O)Cc1csc(NC(=O)c2cccs2)n1. The van der Waals surface area contributed by atoms with E-state index in [0.29, 0.717) is 15.7 Å². The number of aromatic nitrogens is 1. The van der Waals surface area contributed by atoms with E-state index in [4.69, 9.17) is 0 Å². The van der Waals surface area contributed by atoms with Crippen molar-refractivity contribution < 1.29 is 9.59 Å². The Hall–Kier alpha value is -2.51. The van der Waals surface area contributed by atoms with Gasteiger partial charge in [-0.25, -0.2) is 4.98 Å². The Bertz CT molecular complexity index is 856. The van der Waals surface area contributed by atoms with E-state index in [1.807, 2.05) is 42.6 Å². The fourth-order valence-corrected chi connectivity index (χ4v) is 3.41. The van der Waals surface area contributed by atoms with Gasteiger partial charge in [0.2, 0.25) is 5.91 Å². The van der Waals surface area contributed by atoms with Gasteiger partial charge in [0.05, 0.1) is 17.0 Å². The second-order valence-electron chi connectivity index (χ2n) is 5.12. The van der Waals surface area contributed by atoms with Crippen LogP contribution in [0.15, 0.2) is 47.2 Å². The Morgan fingerprint density at radius 2 is 1.92 bits per heavy atom. The van der Waals surface area contributed by atoms with Crippen LogP contribution in [0.2, 0.25) is 0 Å². The maximum Gasteiger partial charge on any atom is 0.267 e. The second kappa shape index (κ2) is 7.37. The van der Waals surface area contributed by atoms with Crippen molar-refractivity contribution in [1.29, 1.82) is 0 Å². The van der Waals surface area contributed by atoms with Crippen molar-refractivity contribution in [2.75, 3.05) is 10.6 Å². The average molecular weight is 357 g/mol. The minimum absolute atomic E-state index is 0.134. The summed E-state index contributed by atoms with van der Waals surface area (Å²) in [6.07, 6.45) is 0.166. The molecule has 0 unspecified atom stereocenters. The Balaban J connectivity index is 1.58. The molecular weight excluding hydrogens is 342 g/mol. The third-order valence-corrected chi connectivity index (χ3v) is 4.95. The van der Waals surface area contributed by atoms with E-state index in [1.165, 1.54) is 22.7 Å². The lowest BCUT2D eigenvalue weighted by atomic mass is 10.2. The van der Waals surface area contributed by atoms with Gasteiger partial charge in [0.15, 0.2) is 5.13 Å². The van der Waals surface area contributed by atoms with E-state index in [9.17, 15) is 9.59 Å². The van der Waals surface area contributed by atoms with Crippen molar-refractivity contribution >= 4 is 45.3 Å². The molecule has 2 heterocycles. The van der Waals surface area contributed by atoms with Gasteiger partial charge in [-0.3, -0.25) is 14.9 Å². The van der Waals surface area contributed by atoms with Gasteiger partial charge < -0.3 is 5.32 Å². The van der Waals surface area contributed by atoms with E-state index in [1.54, 1.807) is 11.4 Å². The predicted octanol–water partition coefficient (Wildman–Crippen LogP) is 3.95. The molecule has 2 amide bonds. The zero-order valence-corrected chi connectivity index (χ0v) is 14.5. The number of thiophene rings is 1. The van der Waals surface area contributed by atoms with E-state index < -0.39 is 0 Å². The Morgan fingerprint density at radius 1 is 1.08 bits per heavy atom. The molecule has 122 valence electrons. The molecule has 0 saturated heterocycles. The predicted molar refractivity (Wildman–Crippen MR) is 97.9 cm³/mol. The first-order chi connectivity index (χ1) is 11.6. The quantitative estimate of drug-likeness (QED) is 0.726. The molecule has 0 aliphatic heterocycles. The first-order valence-electron chi connectivity index (χ1n) is 7.26. The number of carbonyl (C=O) groups is 2. The first-order valence-corrected chi connectivity index (χ1v) is 9.02. The number of hydrogen-bond donors (Lipinski definition) is 2. The normalized spacial score (nSPS) is 10.4. The molecule has 0 radical (unpaired) electrons. The van der Waals surface area contributed by atoms with Crippen LogP contribution in [0.25, 0.3) is 0 Å². The minimum atomic E-state index is -0.185. The highest BCUT2D eigenvalue weighted by Gasteiger charge is 2.12.